The second kappa shape index (κ2) is 10.00. The third-order valence-corrected chi connectivity index (χ3v) is 3.61. The normalized spacial score (nSPS) is 16.2. The molecule has 0 spiro atoms. The highest BCUT2D eigenvalue weighted by Crippen LogP contribution is 2.06. The number of rotatable bonds is 8. The first-order valence-electron chi connectivity index (χ1n) is 7.39. The van der Waals surface area contributed by atoms with Crippen LogP contribution in [0.15, 0.2) is 0 Å². The molecular weight excluding hydrogens is 280 g/mol. The van der Waals surface area contributed by atoms with Crippen molar-refractivity contribution in [2.24, 2.45) is 0 Å². The molecule has 20 heavy (non-hydrogen) atoms. The Kier molecular flexibility index (Phi) is 8.62. The van der Waals surface area contributed by atoms with E-state index in [2.05, 4.69) is 4.90 Å². The summed E-state index contributed by atoms with van der Waals surface area (Å²) in [5.41, 5.74) is 0. The Morgan fingerprint density at radius 3 is 2.45 bits per heavy atom. The quantitative estimate of drug-likeness (QED) is 0.504. The van der Waals surface area contributed by atoms with Gasteiger partial charge in [-0.15, -0.1) is 11.6 Å². The number of esters is 1. The summed E-state index contributed by atoms with van der Waals surface area (Å²) in [6, 6.07) is 0. The Bertz CT molecular complexity index is 305. The van der Waals surface area contributed by atoms with Crippen molar-refractivity contribution in [1.82, 2.24) is 9.80 Å². The molecule has 0 aliphatic carbocycles. The molecule has 1 aliphatic rings. The summed E-state index contributed by atoms with van der Waals surface area (Å²) in [6.45, 7) is 6.64. The van der Waals surface area contributed by atoms with Crippen molar-refractivity contribution in [3.8, 4) is 0 Å². The fourth-order valence-electron chi connectivity index (χ4n) is 2.16. The Balaban J connectivity index is 2.17. The van der Waals surface area contributed by atoms with Gasteiger partial charge in [0.05, 0.1) is 13.0 Å². The molecule has 1 saturated heterocycles. The molecular formula is C14H25ClN2O3. The van der Waals surface area contributed by atoms with Crippen molar-refractivity contribution in [1.29, 1.82) is 0 Å². The Morgan fingerprint density at radius 2 is 1.85 bits per heavy atom. The minimum absolute atomic E-state index is 0.0513. The lowest BCUT2D eigenvalue weighted by Gasteiger charge is -2.34. The Hall–Kier alpha value is -0.810. The van der Waals surface area contributed by atoms with Gasteiger partial charge in [-0.2, -0.15) is 0 Å². The largest absolute Gasteiger partial charge is 0.466 e. The van der Waals surface area contributed by atoms with Gasteiger partial charge in [-0.25, -0.2) is 0 Å². The van der Waals surface area contributed by atoms with Crippen molar-refractivity contribution in [2.45, 2.75) is 32.6 Å². The van der Waals surface area contributed by atoms with Gasteiger partial charge in [-0.05, 0) is 19.4 Å². The number of ether oxygens (including phenoxy) is 1. The predicted octanol–water partition coefficient (Wildman–Crippen LogP) is 1.49. The van der Waals surface area contributed by atoms with Crippen molar-refractivity contribution in [3.63, 3.8) is 0 Å². The Morgan fingerprint density at radius 1 is 1.15 bits per heavy atom. The fraction of sp³-hybridized carbons (Fsp3) is 0.857. The van der Waals surface area contributed by atoms with E-state index >= 15 is 0 Å². The second-order valence-corrected chi connectivity index (χ2v) is 5.36. The van der Waals surface area contributed by atoms with E-state index < -0.39 is 0 Å². The maximum Gasteiger partial charge on any atom is 0.306 e. The van der Waals surface area contributed by atoms with E-state index in [0.717, 1.165) is 45.6 Å². The van der Waals surface area contributed by atoms with Crippen molar-refractivity contribution in [2.75, 3.05) is 45.2 Å². The van der Waals surface area contributed by atoms with Gasteiger partial charge in [0.2, 0.25) is 5.91 Å². The number of hydrogen-bond acceptors (Lipinski definition) is 4. The van der Waals surface area contributed by atoms with Gasteiger partial charge < -0.3 is 9.64 Å². The van der Waals surface area contributed by atoms with E-state index in [4.69, 9.17) is 16.3 Å². The van der Waals surface area contributed by atoms with Crippen LogP contribution in [0.3, 0.4) is 0 Å². The number of amides is 1. The monoisotopic (exact) mass is 304 g/mol. The number of hydrogen-bond donors (Lipinski definition) is 0. The molecule has 0 unspecified atom stereocenters. The molecule has 6 heteroatoms. The summed E-state index contributed by atoms with van der Waals surface area (Å²) in [5.74, 6) is 0.454. The highest BCUT2D eigenvalue weighted by molar-refractivity contribution is 6.17. The van der Waals surface area contributed by atoms with Gasteiger partial charge in [-0.3, -0.25) is 14.5 Å². The average molecular weight is 305 g/mol. The first-order valence-corrected chi connectivity index (χ1v) is 7.92. The van der Waals surface area contributed by atoms with Crippen LogP contribution in [-0.4, -0.2) is 66.9 Å². The SMILES string of the molecule is CCCOC(=O)CCC(=O)N1CCN(CCCCl)CC1. The van der Waals surface area contributed by atoms with Crippen LogP contribution in [0.1, 0.15) is 32.6 Å². The molecule has 0 saturated carbocycles. The smallest absolute Gasteiger partial charge is 0.306 e. The lowest BCUT2D eigenvalue weighted by molar-refractivity contribution is -0.146. The van der Waals surface area contributed by atoms with E-state index in [1.165, 1.54) is 0 Å². The molecule has 0 N–H and O–H groups in total. The van der Waals surface area contributed by atoms with Crippen molar-refractivity contribution >= 4 is 23.5 Å². The van der Waals surface area contributed by atoms with Crippen LogP contribution in [0.25, 0.3) is 0 Å². The van der Waals surface area contributed by atoms with Gasteiger partial charge in [0, 0.05) is 38.5 Å². The topological polar surface area (TPSA) is 49.9 Å². The van der Waals surface area contributed by atoms with Gasteiger partial charge in [0.1, 0.15) is 0 Å². The highest BCUT2D eigenvalue weighted by Gasteiger charge is 2.21. The van der Waals surface area contributed by atoms with Gasteiger partial charge >= 0.3 is 5.97 Å². The molecule has 0 bridgehead atoms. The number of carbonyl (C=O) groups is 2. The van der Waals surface area contributed by atoms with Crippen LogP contribution in [0.4, 0.5) is 0 Å². The van der Waals surface area contributed by atoms with Crippen LogP contribution in [-0.2, 0) is 14.3 Å². The fourth-order valence-corrected chi connectivity index (χ4v) is 2.28. The molecule has 1 rings (SSSR count). The molecule has 1 aliphatic heterocycles. The maximum absolute atomic E-state index is 12.0. The third-order valence-electron chi connectivity index (χ3n) is 3.34. The van der Waals surface area contributed by atoms with Crippen molar-refractivity contribution < 1.29 is 14.3 Å². The molecule has 0 aromatic carbocycles. The van der Waals surface area contributed by atoms with Crippen LogP contribution in [0.2, 0.25) is 0 Å². The number of carbonyl (C=O) groups excluding carboxylic acids is 2. The molecule has 1 heterocycles. The number of alkyl halides is 1. The summed E-state index contributed by atoms with van der Waals surface area (Å²) in [7, 11) is 0. The zero-order chi connectivity index (χ0) is 14.8. The Labute approximate surface area is 126 Å². The van der Waals surface area contributed by atoms with Gasteiger partial charge in [0.15, 0.2) is 0 Å². The van der Waals surface area contributed by atoms with Crippen LogP contribution in [0.5, 0.6) is 0 Å². The van der Waals surface area contributed by atoms with Crippen LogP contribution < -0.4 is 0 Å². The summed E-state index contributed by atoms with van der Waals surface area (Å²) in [5, 5.41) is 0. The van der Waals surface area contributed by atoms with E-state index in [-0.39, 0.29) is 24.7 Å². The molecule has 0 aromatic rings. The van der Waals surface area contributed by atoms with E-state index in [0.29, 0.717) is 12.5 Å². The summed E-state index contributed by atoms with van der Waals surface area (Å²) in [6.07, 6.45) is 2.23. The predicted molar refractivity (Wildman–Crippen MR) is 78.8 cm³/mol. The zero-order valence-electron chi connectivity index (χ0n) is 12.3. The van der Waals surface area contributed by atoms with Crippen LogP contribution >= 0.6 is 11.6 Å². The standard InChI is InChI=1S/C14H25ClN2O3/c1-2-12-20-14(19)5-4-13(18)17-10-8-16(9-11-17)7-3-6-15/h2-12H2,1H3. The number of piperazine rings is 1. The second-order valence-electron chi connectivity index (χ2n) is 4.99. The lowest BCUT2D eigenvalue weighted by Crippen LogP contribution is -2.48. The lowest BCUT2D eigenvalue weighted by atomic mass is 10.2. The third kappa shape index (κ3) is 6.57. The van der Waals surface area contributed by atoms with Crippen molar-refractivity contribution in [3.05, 3.63) is 0 Å². The van der Waals surface area contributed by atoms with E-state index in [1.807, 2.05) is 11.8 Å². The van der Waals surface area contributed by atoms with Gasteiger partial charge in [0.25, 0.3) is 0 Å². The summed E-state index contributed by atoms with van der Waals surface area (Å²) >= 11 is 5.67. The van der Waals surface area contributed by atoms with E-state index in [9.17, 15) is 9.59 Å². The summed E-state index contributed by atoms with van der Waals surface area (Å²) in [4.78, 5) is 27.5. The molecule has 0 radical (unpaired) electrons. The maximum atomic E-state index is 12.0. The molecule has 116 valence electrons. The first kappa shape index (κ1) is 17.2. The number of nitrogens with zero attached hydrogens (tertiary/aromatic N) is 2. The zero-order valence-corrected chi connectivity index (χ0v) is 13.0. The number of halogens is 1. The van der Waals surface area contributed by atoms with Gasteiger partial charge in [-0.1, -0.05) is 6.92 Å². The highest BCUT2D eigenvalue weighted by atomic mass is 35.5. The molecule has 5 nitrogen and oxygen atoms in total. The van der Waals surface area contributed by atoms with E-state index in [1.54, 1.807) is 0 Å². The molecule has 0 aromatic heterocycles. The molecule has 0 atom stereocenters. The molecule has 1 amide bonds. The minimum atomic E-state index is -0.277. The molecule has 1 fully saturated rings. The minimum Gasteiger partial charge on any atom is -0.466 e. The average Bonchev–Trinajstić information content (AvgIpc) is 2.49. The summed E-state index contributed by atoms with van der Waals surface area (Å²) < 4.78 is 4.96. The first-order chi connectivity index (χ1) is 9.67. The van der Waals surface area contributed by atoms with Crippen LogP contribution in [0, 0.1) is 0 Å².